The lowest BCUT2D eigenvalue weighted by atomic mass is 10.2. The zero-order valence-electron chi connectivity index (χ0n) is 11.1. The summed E-state index contributed by atoms with van der Waals surface area (Å²) >= 11 is 3.43. The van der Waals surface area contributed by atoms with Crippen LogP contribution in [0.5, 0.6) is 5.75 Å². The predicted molar refractivity (Wildman–Crippen MR) is 81.4 cm³/mol. The number of halogens is 1. The molecule has 0 fully saturated rings. The van der Waals surface area contributed by atoms with E-state index >= 15 is 0 Å². The third-order valence-corrected chi connectivity index (χ3v) is 3.34. The standard InChI is InChI=1S/C15H19BrN2O/c1-12(17)10-14-5-3-7-18(14)8-9-19-15-6-2-4-13(16)11-15/h2-7,11-12H,8-10,17H2,1H3. The third kappa shape index (κ3) is 4.40. The summed E-state index contributed by atoms with van der Waals surface area (Å²) in [6.07, 6.45) is 2.96. The van der Waals surface area contributed by atoms with E-state index < -0.39 is 0 Å². The minimum atomic E-state index is 0.180. The Morgan fingerprint density at radius 1 is 1.32 bits per heavy atom. The molecule has 19 heavy (non-hydrogen) atoms. The quantitative estimate of drug-likeness (QED) is 0.887. The van der Waals surface area contributed by atoms with Gasteiger partial charge in [0.05, 0.1) is 6.54 Å². The molecule has 0 saturated carbocycles. The Balaban J connectivity index is 1.87. The van der Waals surface area contributed by atoms with Gasteiger partial charge in [-0.05, 0) is 37.3 Å². The van der Waals surface area contributed by atoms with Crippen molar-refractivity contribution in [2.45, 2.75) is 25.9 Å². The molecular weight excluding hydrogens is 304 g/mol. The fraction of sp³-hybridized carbons (Fsp3) is 0.333. The first-order valence-electron chi connectivity index (χ1n) is 6.43. The summed E-state index contributed by atoms with van der Waals surface area (Å²) in [7, 11) is 0. The average Bonchev–Trinajstić information content (AvgIpc) is 2.76. The van der Waals surface area contributed by atoms with Crippen LogP contribution in [0.1, 0.15) is 12.6 Å². The van der Waals surface area contributed by atoms with Gasteiger partial charge in [0.2, 0.25) is 0 Å². The molecule has 2 N–H and O–H groups in total. The van der Waals surface area contributed by atoms with Crippen molar-refractivity contribution in [3.63, 3.8) is 0 Å². The summed E-state index contributed by atoms with van der Waals surface area (Å²) in [5, 5.41) is 0. The highest BCUT2D eigenvalue weighted by Gasteiger charge is 2.04. The van der Waals surface area contributed by atoms with Crippen molar-refractivity contribution in [3.05, 3.63) is 52.8 Å². The van der Waals surface area contributed by atoms with Crippen LogP contribution in [0.25, 0.3) is 0 Å². The Morgan fingerprint density at radius 2 is 2.16 bits per heavy atom. The summed E-state index contributed by atoms with van der Waals surface area (Å²) in [5.41, 5.74) is 7.10. The van der Waals surface area contributed by atoms with Crippen LogP contribution in [-0.2, 0) is 13.0 Å². The van der Waals surface area contributed by atoms with Crippen molar-refractivity contribution in [1.29, 1.82) is 0 Å². The van der Waals surface area contributed by atoms with E-state index in [9.17, 15) is 0 Å². The number of rotatable bonds is 6. The predicted octanol–water partition coefficient (Wildman–Crippen LogP) is 3.22. The minimum Gasteiger partial charge on any atom is -0.492 e. The van der Waals surface area contributed by atoms with Crippen molar-refractivity contribution in [2.24, 2.45) is 5.73 Å². The molecule has 0 radical (unpaired) electrons. The van der Waals surface area contributed by atoms with Crippen molar-refractivity contribution in [3.8, 4) is 5.75 Å². The van der Waals surface area contributed by atoms with Gasteiger partial charge in [0.15, 0.2) is 0 Å². The Morgan fingerprint density at radius 3 is 2.89 bits per heavy atom. The van der Waals surface area contributed by atoms with Crippen LogP contribution in [0.3, 0.4) is 0 Å². The van der Waals surface area contributed by atoms with E-state index in [1.165, 1.54) is 5.69 Å². The maximum absolute atomic E-state index is 5.84. The molecule has 0 aliphatic carbocycles. The van der Waals surface area contributed by atoms with Crippen LogP contribution in [0, 0.1) is 0 Å². The van der Waals surface area contributed by atoms with Gasteiger partial charge in [-0.1, -0.05) is 22.0 Å². The summed E-state index contributed by atoms with van der Waals surface area (Å²) in [5.74, 6) is 0.885. The highest BCUT2D eigenvalue weighted by molar-refractivity contribution is 9.10. The summed E-state index contributed by atoms with van der Waals surface area (Å²) in [6.45, 7) is 3.51. The third-order valence-electron chi connectivity index (χ3n) is 2.85. The van der Waals surface area contributed by atoms with Gasteiger partial charge in [-0.2, -0.15) is 0 Å². The molecular formula is C15H19BrN2O. The zero-order valence-corrected chi connectivity index (χ0v) is 12.6. The first-order chi connectivity index (χ1) is 9.15. The van der Waals surface area contributed by atoms with Gasteiger partial charge in [0.1, 0.15) is 12.4 Å². The van der Waals surface area contributed by atoms with Crippen molar-refractivity contribution in [2.75, 3.05) is 6.61 Å². The molecule has 1 atom stereocenters. The van der Waals surface area contributed by atoms with Gasteiger partial charge in [-0.25, -0.2) is 0 Å². The van der Waals surface area contributed by atoms with Crippen LogP contribution >= 0.6 is 15.9 Å². The smallest absolute Gasteiger partial charge is 0.120 e. The molecule has 102 valence electrons. The number of aromatic nitrogens is 1. The molecule has 0 amide bonds. The zero-order chi connectivity index (χ0) is 13.7. The second-order valence-electron chi connectivity index (χ2n) is 4.68. The van der Waals surface area contributed by atoms with Gasteiger partial charge in [-0.15, -0.1) is 0 Å². The molecule has 2 aromatic rings. The van der Waals surface area contributed by atoms with E-state index in [-0.39, 0.29) is 6.04 Å². The number of hydrogen-bond acceptors (Lipinski definition) is 2. The molecule has 0 spiro atoms. The SMILES string of the molecule is CC(N)Cc1cccn1CCOc1cccc(Br)c1. The van der Waals surface area contributed by atoms with E-state index in [1.54, 1.807) is 0 Å². The molecule has 1 aromatic carbocycles. The molecule has 1 aromatic heterocycles. The molecule has 1 unspecified atom stereocenters. The van der Waals surface area contributed by atoms with E-state index in [0.717, 1.165) is 23.2 Å². The molecule has 0 saturated heterocycles. The molecule has 1 heterocycles. The van der Waals surface area contributed by atoms with Gasteiger partial charge in [0, 0.05) is 28.8 Å². The molecule has 4 heteroatoms. The Hall–Kier alpha value is -1.26. The van der Waals surface area contributed by atoms with Gasteiger partial charge in [0.25, 0.3) is 0 Å². The second-order valence-corrected chi connectivity index (χ2v) is 5.60. The first-order valence-corrected chi connectivity index (χ1v) is 7.22. The van der Waals surface area contributed by atoms with Crippen LogP contribution in [0.15, 0.2) is 47.1 Å². The number of hydrogen-bond donors (Lipinski definition) is 1. The maximum Gasteiger partial charge on any atom is 0.120 e. The monoisotopic (exact) mass is 322 g/mol. The number of nitrogens with zero attached hydrogens (tertiary/aromatic N) is 1. The van der Waals surface area contributed by atoms with Crippen LogP contribution < -0.4 is 10.5 Å². The Kier molecular flexibility index (Phi) is 5.05. The number of nitrogens with two attached hydrogens (primary N) is 1. The normalized spacial score (nSPS) is 12.4. The number of ether oxygens (including phenoxy) is 1. The fourth-order valence-electron chi connectivity index (χ4n) is 2.00. The van der Waals surface area contributed by atoms with Gasteiger partial charge in [-0.3, -0.25) is 0 Å². The fourth-order valence-corrected chi connectivity index (χ4v) is 2.38. The van der Waals surface area contributed by atoms with E-state index in [2.05, 4.69) is 38.8 Å². The van der Waals surface area contributed by atoms with Crippen LogP contribution in [0.4, 0.5) is 0 Å². The summed E-state index contributed by atoms with van der Waals surface area (Å²) in [4.78, 5) is 0. The Bertz CT molecular complexity index is 522. The molecule has 0 aliphatic heterocycles. The van der Waals surface area contributed by atoms with Crippen LogP contribution in [-0.4, -0.2) is 17.2 Å². The van der Waals surface area contributed by atoms with Crippen molar-refractivity contribution >= 4 is 15.9 Å². The summed E-state index contributed by atoms with van der Waals surface area (Å²) < 4.78 is 8.96. The molecule has 3 nitrogen and oxygen atoms in total. The van der Waals surface area contributed by atoms with Gasteiger partial charge < -0.3 is 15.0 Å². The lowest BCUT2D eigenvalue weighted by Gasteiger charge is -2.12. The number of benzene rings is 1. The average molecular weight is 323 g/mol. The summed E-state index contributed by atoms with van der Waals surface area (Å²) in [6, 6.07) is 12.2. The molecule has 2 rings (SSSR count). The highest BCUT2D eigenvalue weighted by Crippen LogP contribution is 2.17. The Labute approximate surface area is 122 Å². The lowest BCUT2D eigenvalue weighted by molar-refractivity contribution is 0.296. The highest BCUT2D eigenvalue weighted by atomic mass is 79.9. The van der Waals surface area contributed by atoms with Crippen molar-refractivity contribution < 1.29 is 4.74 Å². The van der Waals surface area contributed by atoms with E-state index in [0.29, 0.717) is 6.61 Å². The first kappa shape index (κ1) is 14.2. The van der Waals surface area contributed by atoms with Crippen molar-refractivity contribution in [1.82, 2.24) is 4.57 Å². The minimum absolute atomic E-state index is 0.180. The maximum atomic E-state index is 5.84. The molecule has 0 bridgehead atoms. The molecule has 0 aliphatic rings. The van der Waals surface area contributed by atoms with E-state index in [1.807, 2.05) is 31.2 Å². The van der Waals surface area contributed by atoms with Crippen LogP contribution in [0.2, 0.25) is 0 Å². The largest absolute Gasteiger partial charge is 0.492 e. The lowest BCUT2D eigenvalue weighted by Crippen LogP contribution is -2.20. The van der Waals surface area contributed by atoms with Gasteiger partial charge >= 0.3 is 0 Å². The van der Waals surface area contributed by atoms with E-state index in [4.69, 9.17) is 10.5 Å². The topological polar surface area (TPSA) is 40.2 Å². The second kappa shape index (κ2) is 6.78.